The van der Waals surface area contributed by atoms with E-state index in [9.17, 15) is 12.8 Å². The summed E-state index contributed by atoms with van der Waals surface area (Å²) in [7, 11) is -2.35. The number of anilines is 1. The fourth-order valence-electron chi connectivity index (χ4n) is 1.77. The smallest absolute Gasteiger partial charge is 0.242 e. The first kappa shape index (κ1) is 15.3. The third-order valence-corrected chi connectivity index (χ3v) is 4.41. The first-order chi connectivity index (χ1) is 9.85. The van der Waals surface area contributed by atoms with Gasteiger partial charge in [-0.3, -0.25) is 0 Å². The molecule has 0 aliphatic heterocycles. The lowest BCUT2D eigenvalue weighted by Crippen LogP contribution is -2.19. The Hall–Kier alpha value is -2.12. The average Bonchev–Trinajstić information content (AvgIpc) is 2.44. The molecule has 112 valence electrons. The quantitative estimate of drug-likeness (QED) is 0.850. The van der Waals surface area contributed by atoms with E-state index in [2.05, 4.69) is 4.72 Å². The highest BCUT2D eigenvalue weighted by atomic mass is 32.2. The molecule has 0 aliphatic rings. The van der Waals surface area contributed by atoms with Gasteiger partial charge in [-0.15, -0.1) is 0 Å². The lowest BCUT2D eigenvalue weighted by Gasteiger charge is -2.11. The predicted octanol–water partition coefficient (Wildman–Crippen LogP) is 2.42. The van der Waals surface area contributed by atoms with Crippen molar-refractivity contribution in [2.24, 2.45) is 0 Å². The summed E-state index contributed by atoms with van der Waals surface area (Å²) in [5, 5.41) is 0. The molecule has 0 bridgehead atoms. The van der Waals surface area contributed by atoms with Crippen molar-refractivity contribution < 1.29 is 17.5 Å². The molecule has 2 aromatic carbocycles. The molecule has 5 nitrogen and oxygen atoms in total. The Balaban J connectivity index is 2.36. The summed E-state index contributed by atoms with van der Waals surface area (Å²) in [6.07, 6.45) is 0. The molecule has 2 aromatic rings. The Morgan fingerprint density at radius 3 is 2.57 bits per heavy atom. The van der Waals surface area contributed by atoms with E-state index >= 15 is 0 Å². The maximum Gasteiger partial charge on any atom is 0.242 e. The van der Waals surface area contributed by atoms with Crippen LogP contribution in [0.15, 0.2) is 41.3 Å². The van der Waals surface area contributed by atoms with Crippen molar-refractivity contribution in [3.63, 3.8) is 0 Å². The first-order valence-electron chi connectivity index (χ1n) is 6.11. The zero-order valence-corrected chi connectivity index (χ0v) is 12.4. The van der Waals surface area contributed by atoms with Gasteiger partial charge >= 0.3 is 0 Å². The third-order valence-electron chi connectivity index (χ3n) is 2.92. The Morgan fingerprint density at radius 2 is 1.95 bits per heavy atom. The zero-order valence-electron chi connectivity index (χ0n) is 11.6. The number of nitrogens with one attached hydrogen (secondary N) is 1. The molecule has 0 heterocycles. The van der Waals surface area contributed by atoms with Crippen LogP contribution >= 0.6 is 0 Å². The van der Waals surface area contributed by atoms with Crippen molar-refractivity contribution in [1.82, 2.24) is 4.72 Å². The lowest BCUT2D eigenvalue weighted by molar-refractivity contribution is 0.440. The van der Waals surface area contributed by atoms with Gasteiger partial charge in [0.15, 0.2) is 11.6 Å². The molecule has 0 aliphatic carbocycles. The van der Waals surface area contributed by atoms with Crippen LogP contribution in [0.4, 0.5) is 10.1 Å². The number of aryl methyl sites for hydroxylation is 1. The highest BCUT2D eigenvalue weighted by molar-refractivity contribution is 7.89. The topological polar surface area (TPSA) is 81.4 Å². The van der Waals surface area contributed by atoms with Crippen molar-refractivity contribution in [3.8, 4) is 11.5 Å². The number of hydrogen-bond acceptors (Lipinski definition) is 4. The summed E-state index contributed by atoms with van der Waals surface area (Å²) in [6, 6.07) is 8.84. The Labute approximate surface area is 122 Å². The largest absolute Gasteiger partial charge is 0.454 e. The van der Waals surface area contributed by atoms with Crippen molar-refractivity contribution in [2.75, 3.05) is 12.8 Å². The summed E-state index contributed by atoms with van der Waals surface area (Å²) in [4.78, 5) is -0.0536. The molecule has 0 atom stereocenters. The zero-order chi connectivity index (χ0) is 15.6. The molecule has 21 heavy (non-hydrogen) atoms. The summed E-state index contributed by atoms with van der Waals surface area (Å²) in [5.74, 6) is -0.159. The first-order valence-corrected chi connectivity index (χ1v) is 7.59. The highest BCUT2D eigenvalue weighted by Crippen LogP contribution is 2.29. The molecule has 7 heteroatoms. The minimum Gasteiger partial charge on any atom is -0.454 e. The Morgan fingerprint density at radius 1 is 1.24 bits per heavy atom. The standard InChI is InChI=1S/C14H15FN2O3S/c1-9-4-3-5-12(14(9)15)20-10-6-7-13(11(16)8-10)21(18,19)17-2/h3-8,17H,16H2,1-2H3. The van der Waals surface area contributed by atoms with Gasteiger partial charge < -0.3 is 10.5 Å². The fraction of sp³-hybridized carbons (Fsp3) is 0.143. The van der Waals surface area contributed by atoms with Crippen molar-refractivity contribution in [2.45, 2.75) is 11.8 Å². The summed E-state index contributed by atoms with van der Waals surface area (Å²) < 4.78 is 44.8. The van der Waals surface area contributed by atoms with E-state index in [1.54, 1.807) is 19.1 Å². The monoisotopic (exact) mass is 310 g/mol. The van der Waals surface area contributed by atoms with Crippen molar-refractivity contribution in [3.05, 3.63) is 47.8 Å². The second-order valence-electron chi connectivity index (χ2n) is 4.40. The molecule has 0 aromatic heterocycles. The van der Waals surface area contributed by atoms with E-state index in [1.807, 2.05) is 0 Å². The summed E-state index contributed by atoms with van der Waals surface area (Å²) in [5.41, 5.74) is 6.19. The van der Waals surface area contributed by atoms with E-state index in [4.69, 9.17) is 10.5 Å². The molecule has 0 amide bonds. The van der Waals surface area contributed by atoms with Crippen LogP contribution < -0.4 is 15.2 Å². The second-order valence-corrected chi connectivity index (χ2v) is 6.25. The normalized spacial score (nSPS) is 11.4. The number of hydrogen-bond donors (Lipinski definition) is 2. The third kappa shape index (κ3) is 3.14. The molecule has 3 N–H and O–H groups in total. The molecular formula is C14H15FN2O3S. The predicted molar refractivity (Wildman–Crippen MR) is 78.3 cm³/mol. The number of nitrogen functional groups attached to an aromatic ring is 1. The minimum atomic E-state index is -3.64. The van der Waals surface area contributed by atoms with Crippen LogP contribution in [-0.2, 0) is 10.0 Å². The van der Waals surface area contributed by atoms with E-state index in [1.165, 1.54) is 31.3 Å². The van der Waals surface area contributed by atoms with Gasteiger partial charge in [0.1, 0.15) is 10.6 Å². The van der Waals surface area contributed by atoms with Gasteiger partial charge in [-0.05, 0) is 37.7 Å². The van der Waals surface area contributed by atoms with Gasteiger partial charge in [-0.25, -0.2) is 17.5 Å². The van der Waals surface area contributed by atoms with Crippen molar-refractivity contribution >= 4 is 15.7 Å². The molecule has 0 radical (unpaired) electrons. The number of nitrogens with two attached hydrogens (primary N) is 1. The van der Waals surface area contributed by atoms with E-state index in [-0.39, 0.29) is 22.1 Å². The fourth-order valence-corrected chi connectivity index (χ4v) is 2.61. The van der Waals surface area contributed by atoms with Crippen LogP contribution in [0.2, 0.25) is 0 Å². The van der Waals surface area contributed by atoms with Crippen LogP contribution in [0.3, 0.4) is 0 Å². The van der Waals surface area contributed by atoms with Crippen LogP contribution in [0.5, 0.6) is 11.5 Å². The van der Waals surface area contributed by atoms with Gasteiger partial charge in [0.25, 0.3) is 0 Å². The highest BCUT2D eigenvalue weighted by Gasteiger charge is 2.16. The summed E-state index contributed by atoms with van der Waals surface area (Å²) >= 11 is 0. The average molecular weight is 310 g/mol. The number of benzene rings is 2. The molecular weight excluding hydrogens is 295 g/mol. The van der Waals surface area contributed by atoms with Gasteiger partial charge in [0, 0.05) is 6.07 Å². The second kappa shape index (κ2) is 5.71. The van der Waals surface area contributed by atoms with Crippen molar-refractivity contribution in [1.29, 1.82) is 0 Å². The van der Waals surface area contributed by atoms with E-state index < -0.39 is 15.8 Å². The molecule has 0 fully saturated rings. The molecule has 2 rings (SSSR count). The molecule has 0 saturated heterocycles. The van der Waals surface area contributed by atoms with Gasteiger partial charge in [-0.1, -0.05) is 12.1 Å². The van der Waals surface area contributed by atoms with E-state index in [0.29, 0.717) is 5.56 Å². The summed E-state index contributed by atoms with van der Waals surface area (Å²) in [6.45, 7) is 1.62. The van der Waals surface area contributed by atoms with E-state index in [0.717, 1.165) is 0 Å². The maximum atomic E-state index is 13.8. The van der Waals surface area contributed by atoms with Gasteiger partial charge in [-0.2, -0.15) is 0 Å². The lowest BCUT2D eigenvalue weighted by atomic mass is 10.2. The van der Waals surface area contributed by atoms with Crippen LogP contribution in [0.1, 0.15) is 5.56 Å². The molecule has 0 spiro atoms. The van der Waals surface area contributed by atoms with Gasteiger partial charge in [0.2, 0.25) is 10.0 Å². The number of halogens is 1. The molecule has 0 saturated carbocycles. The molecule has 0 unspecified atom stereocenters. The Bertz CT molecular complexity index is 776. The minimum absolute atomic E-state index is 0.0231. The number of ether oxygens (including phenoxy) is 1. The van der Waals surface area contributed by atoms with Crippen LogP contribution in [0.25, 0.3) is 0 Å². The maximum absolute atomic E-state index is 13.8. The number of rotatable bonds is 4. The van der Waals surface area contributed by atoms with Gasteiger partial charge in [0.05, 0.1) is 5.69 Å². The Kier molecular flexibility index (Phi) is 4.15. The van der Waals surface area contributed by atoms with Crippen LogP contribution in [-0.4, -0.2) is 15.5 Å². The SMILES string of the molecule is CNS(=O)(=O)c1ccc(Oc2cccc(C)c2F)cc1N. The number of sulfonamides is 1. The van der Waals surface area contributed by atoms with Crippen LogP contribution in [0, 0.1) is 12.7 Å².